The van der Waals surface area contributed by atoms with Gasteiger partial charge in [-0.3, -0.25) is 13.9 Å². The molecule has 2 amide bonds. The molecule has 1 N–H and O–H groups in total. The molecule has 11 heteroatoms. The zero-order valence-corrected chi connectivity index (χ0v) is 22.6. The third-order valence-electron chi connectivity index (χ3n) is 5.67. The van der Waals surface area contributed by atoms with E-state index in [0.29, 0.717) is 12.2 Å². The van der Waals surface area contributed by atoms with Gasteiger partial charge in [0.15, 0.2) is 11.6 Å². The van der Waals surface area contributed by atoms with Crippen molar-refractivity contribution in [3.05, 3.63) is 59.7 Å². The van der Waals surface area contributed by atoms with Crippen LogP contribution in [0.2, 0.25) is 0 Å². The van der Waals surface area contributed by atoms with Crippen LogP contribution in [0.4, 0.5) is 14.5 Å². The molecule has 0 aliphatic rings. The summed E-state index contributed by atoms with van der Waals surface area (Å²) in [5.74, 6) is -2.22. The van der Waals surface area contributed by atoms with E-state index in [9.17, 15) is 26.8 Å². The monoisotopic (exact) mass is 539 g/mol. The SMILES string of the molecule is CCC(C(=O)NC(C)C)N(Cc1ccc(OC)cc1)C(=O)CCCN(c1ccc(F)c(F)c1)S(C)(=O)=O. The van der Waals surface area contributed by atoms with Gasteiger partial charge >= 0.3 is 0 Å². The molecule has 204 valence electrons. The van der Waals surface area contributed by atoms with Crippen LogP contribution in [-0.4, -0.2) is 57.1 Å². The lowest BCUT2D eigenvalue weighted by Gasteiger charge is -2.31. The number of rotatable bonds is 13. The second kappa shape index (κ2) is 13.4. The molecule has 0 saturated heterocycles. The van der Waals surface area contributed by atoms with Crippen LogP contribution in [0, 0.1) is 11.6 Å². The van der Waals surface area contributed by atoms with E-state index < -0.39 is 27.7 Å². The van der Waals surface area contributed by atoms with Crippen molar-refractivity contribution in [2.45, 2.75) is 58.7 Å². The minimum atomic E-state index is -3.83. The maximum atomic E-state index is 13.7. The lowest BCUT2D eigenvalue weighted by atomic mass is 10.1. The summed E-state index contributed by atoms with van der Waals surface area (Å²) in [5, 5.41) is 2.85. The Morgan fingerprint density at radius 1 is 1.05 bits per heavy atom. The summed E-state index contributed by atoms with van der Waals surface area (Å²) in [5.41, 5.74) is 0.760. The van der Waals surface area contributed by atoms with Gasteiger partial charge in [0.1, 0.15) is 11.8 Å². The normalized spacial score (nSPS) is 12.2. The minimum absolute atomic E-state index is 0.0355. The van der Waals surface area contributed by atoms with Crippen LogP contribution in [0.1, 0.15) is 45.6 Å². The first-order chi connectivity index (χ1) is 17.4. The first kappa shape index (κ1) is 30.0. The van der Waals surface area contributed by atoms with E-state index in [1.54, 1.807) is 31.4 Å². The Bertz CT molecular complexity index is 1170. The van der Waals surface area contributed by atoms with Gasteiger partial charge in [-0.15, -0.1) is 0 Å². The Labute approximate surface area is 217 Å². The van der Waals surface area contributed by atoms with Crippen LogP contribution in [0.25, 0.3) is 0 Å². The molecule has 8 nitrogen and oxygen atoms in total. The van der Waals surface area contributed by atoms with Crippen LogP contribution in [0.3, 0.4) is 0 Å². The zero-order chi connectivity index (χ0) is 27.8. The Balaban J connectivity index is 2.23. The van der Waals surface area contributed by atoms with Crippen molar-refractivity contribution in [2.24, 2.45) is 0 Å². The summed E-state index contributed by atoms with van der Waals surface area (Å²) in [6.07, 6.45) is 1.38. The fourth-order valence-electron chi connectivity index (χ4n) is 3.87. The van der Waals surface area contributed by atoms with Gasteiger partial charge < -0.3 is 15.0 Å². The molecule has 0 aliphatic heterocycles. The number of hydrogen-bond donors (Lipinski definition) is 1. The van der Waals surface area contributed by atoms with E-state index in [4.69, 9.17) is 4.74 Å². The van der Waals surface area contributed by atoms with E-state index in [2.05, 4.69) is 5.32 Å². The van der Waals surface area contributed by atoms with Gasteiger partial charge in [-0.1, -0.05) is 19.1 Å². The van der Waals surface area contributed by atoms with Gasteiger partial charge in [0.25, 0.3) is 0 Å². The maximum Gasteiger partial charge on any atom is 0.243 e. The van der Waals surface area contributed by atoms with E-state index in [1.807, 2.05) is 20.8 Å². The number of halogens is 2. The van der Waals surface area contributed by atoms with Crippen LogP contribution < -0.4 is 14.4 Å². The third-order valence-corrected chi connectivity index (χ3v) is 6.87. The van der Waals surface area contributed by atoms with Gasteiger partial charge in [0.05, 0.1) is 19.1 Å². The molecule has 0 heterocycles. The van der Waals surface area contributed by atoms with Gasteiger partial charge in [-0.2, -0.15) is 0 Å². The summed E-state index contributed by atoms with van der Waals surface area (Å²) in [7, 11) is -2.28. The van der Waals surface area contributed by atoms with Crippen molar-refractivity contribution in [2.75, 3.05) is 24.2 Å². The Hall–Kier alpha value is -3.21. The first-order valence-electron chi connectivity index (χ1n) is 12.0. The highest BCUT2D eigenvalue weighted by Gasteiger charge is 2.29. The summed E-state index contributed by atoms with van der Waals surface area (Å²) >= 11 is 0. The summed E-state index contributed by atoms with van der Waals surface area (Å²) in [4.78, 5) is 27.8. The molecular formula is C26H35F2N3O5S. The fraction of sp³-hybridized carbons (Fsp3) is 0.462. The molecule has 37 heavy (non-hydrogen) atoms. The first-order valence-corrected chi connectivity index (χ1v) is 13.9. The molecule has 0 fully saturated rings. The number of anilines is 1. The molecule has 0 spiro atoms. The maximum absolute atomic E-state index is 13.7. The van der Waals surface area contributed by atoms with Crippen molar-refractivity contribution < 1.29 is 31.5 Å². The molecule has 2 aromatic rings. The molecule has 0 saturated carbocycles. The molecule has 0 aromatic heterocycles. The van der Waals surface area contributed by atoms with Crippen molar-refractivity contribution in [1.29, 1.82) is 0 Å². The van der Waals surface area contributed by atoms with Gasteiger partial charge in [-0.25, -0.2) is 17.2 Å². The lowest BCUT2D eigenvalue weighted by Crippen LogP contribution is -2.50. The van der Waals surface area contributed by atoms with E-state index in [1.165, 1.54) is 11.0 Å². The van der Waals surface area contributed by atoms with Crippen molar-refractivity contribution in [3.63, 3.8) is 0 Å². The second-order valence-electron chi connectivity index (χ2n) is 8.99. The smallest absolute Gasteiger partial charge is 0.243 e. The summed E-state index contributed by atoms with van der Waals surface area (Å²) < 4.78 is 57.8. The average molecular weight is 540 g/mol. The minimum Gasteiger partial charge on any atom is -0.497 e. The van der Waals surface area contributed by atoms with Gasteiger partial charge in [-0.05, 0) is 56.5 Å². The second-order valence-corrected chi connectivity index (χ2v) is 10.9. The number of benzene rings is 2. The zero-order valence-electron chi connectivity index (χ0n) is 21.8. The molecule has 0 bridgehead atoms. The number of amides is 2. The number of nitrogens with one attached hydrogen (secondary N) is 1. The Kier molecular flexibility index (Phi) is 10.8. The molecule has 1 unspecified atom stereocenters. The molecule has 2 rings (SSSR count). The van der Waals surface area contributed by atoms with E-state index in [-0.39, 0.29) is 49.5 Å². The summed E-state index contributed by atoms with van der Waals surface area (Å²) in [6.45, 7) is 5.52. The van der Waals surface area contributed by atoms with Crippen LogP contribution in [0.15, 0.2) is 42.5 Å². The highest BCUT2D eigenvalue weighted by molar-refractivity contribution is 7.92. The summed E-state index contributed by atoms with van der Waals surface area (Å²) in [6, 6.07) is 9.12. The molecular weight excluding hydrogens is 504 g/mol. The fourth-order valence-corrected chi connectivity index (χ4v) is 4.83. The van der Waals surface area contributed by atoms with Crippen LogP contribution in [-0.2, 0) is 26.2 Å². The number of carbonyl (C=O) groups excluding carboxylic acids is 2. The van der Waals surface area contributed by atoms with E-state index >= 15 is 0 Å². The number of methoxy groups -OCH3 is 1. The van der Waals surface area contributed by atoms with Gasteiger partial charge in [0, 0.05) is 31.6 Å². The van der Waals surface area contributed by atoms with Crippen LogP contribution >= 0.6 is 0 Å². The largest absolute Gasteiger partial charge is 0.497 e. The number of sulfonamides is 1. The van der Waals surface area contributed by atoms with Crippen molar-refractivity contribution >= 4 is 27.5 Å². The van der Waals surface area contributed by atoms with Crippen molar-refractivity contribution in [1.82, 2.24) is 10.2 Å². The predicted molar refractivity (Wildman–Crippen MR) is 139 cm³/mol. The third kappa shape index (κ3) is 8.70. The van der Waals surface area contributed by atoms with Crippen LogP contribution in [0.5, 0.6) is 5.75 Å². The van der Waals surface area contributed by atoms with Crippen molar-refractivity contribution in [3.8, 4) is 5.75 Å². The highest BCUT2D eigenvalue weighted by Crippen LogP contribution is 2.22. The quantitative estimate of drug-likeness (QED) is 0.417. The molecule has 2 aromatic carbocycles. The average Bonchev–Trinajstić information content (AvgIpc) is 2.82. The number of ether oxygens (including phenoxy) is 1. The molecule has 1 atom stereocenters. The highest BCUT2D eigenvalue weighted by atomic mass is 32.2. The molecule has 0 radical (unpaired) electrons. The predicted octanol–water partition coefficient (Wildman–Crippen LogP) is 3.85. The number of nitrogens with zero attached hydrogens (tertiary/aromatic N) is 2. The number of carbonyl (C=O) groups is 2. The number of hydrogen-bond acceptors (Lipinski definition) is 5. The standard InChI is InChI=1S/C26H35F2N3O5S/c1-6-24(26(33)29-18(2)3)30(17-19-9-12-21(36-4)13-10-19)25(32)8-7-15-31(37(5,34)35)20-11-14-22(27)23(28)16-20/h9-14,16,18,24H,6-8,15,17H2,1-5H3,(H,29,33). The lowest BCUT2D eigenvalue weighted by molar-refractivity contribution is -0.141. The Morgan fingerprint density at radius 2 is 1.70 bits per heavy atom. The molecule has 0 aliphatic carbocycles. The van der Waals surface area contributed by atoms with E-state index in [0.717, 1.165) is 28.3 Å². The van der Waals surface area contributed by atoms with Gasteiger partial charge in [0.2, 0.25) is 21.8 Å². The Morgan fingerprint density at radius 3 is 2.22 bits per heavy atom. The topological polar surface area (TPSA) is 96.0 Å².